The minimum Gasteiger partial charge on any atom is -0.496 e. The highest BCUT2D eigenvalue weighted by atomic mass is 35.5. The van der Waals surface area contributed by atoms with E-state index in [1.54, 1.807) is 24.3 Å². The largest absolute Gasteiger partial charge is 0.496 e. The number of para-hydroxylation sites is 1. The van der Waals surface area contributed by atoms with Gasteiger partial charge in [-0.1, -0.05) is 23.7 Å². The van der Waals surface area contributed by atoms with E-state index in [2.05, 4.69) is 10.6 Å². The molecule has 0 spiro atoms. The SMILES string of the molecule is COc1ccccc1C(=O)NC(=S)Nc1ccc(C(=O)O)c(Cl)c1. The first-order valence-electron chi connectivity index (χ1n) is 6.70. The zero-order chi connectivity index (χ0) is 17.7. The molecule has 0 aliphatic rings. The highest BCUT2D eigenvalue weighted by Gasteiger charge is 2.14. The van der Waals surface area contributed by atoms with E-state index in [1.165, 1.54) is 25.3 Å². The van der Waals surface area contributed by atoms with Gasteiger partial charge in [0, 0.05) is 5.69 Å². The molecule has 124 valence electrons. The minimum atomic E-state index is -1.13. The van der Waals surface area contributed by atoms with Crippen LogP contribution in [0.5, 0.6) is 5.75 Å². The first-order chi connectivity index (χ1) is 11.4. The average molecular weight is 365 g/mol. The molecule has 0 saturated heterocycles. The Bertz CT molecular complexity index is 810. The number of benzene rings is 2. The standard InChI is InChI=1S/C16H13ClN2O4S/c1-23-13-5-3-2-4-11(13)14(20)19-16(24)18-9-6-7-10(15(21)22)12(17)8-9/h2-8H,1H3,(H,21,22)(H2,18,19,20,24). The van der Waals surface area contributed by atoms with Gasteiger partial charge in [-0.3, -0.25) is 10.1 Å². The van der Waals surface area contributed by atoms with Gasteiger partial charge < -0.3 is 15.2 Å². The maximum atomic E-state index is 12.2. The van der Waals surface area contributed by atoms with E-state index in [1.807, 2.05) is 0 Å². The lowest BCUT2D eigenvalue weighted by Crippen LogP contribution is -2.34. The van der Waals surface area contributed by atoms with Crippen LogP contribution in [0.4, 0.5) is 5.69 Å². The van der Waals surface area contributed by atoms with Gasteiger partial charge in [-0.2, -0.15) is 0 Å². The Labute approximate surface area is 148 Å². The molecule has 0 radical (unpaired) electrons. The van der Waals surface area contributed by atoms with Gasteiger partial charge in [-0.05, 0) is 42.5 Å². The highest BCUT2D eigenvalue weighted by Crippen LogP contribution is 2.21. The van der Waals surface area contributed by atoms with Crippen molar-refractivity contribution in [1.82, 2.24) is 5.32 Å². The van der Waals surface area contributed by atoms with Crippen molar-refractivity contribution in [1.29, 1.82) is 0 Å². The summed E-state index contributed by atoms with van der Waals surface area (Å²) in [7, 11) is 1.47. The van der Waals surface area contributed by atoms with E-state index in [9.17, 15) is 9.59 Å². The molecular weight excluding hydrogens is 352 g/mol. The summed E-state index contributed by atoms with van der Waals surface area (Å²) in [6, 6.07) is 11.0. The second-order valence-electron chi connectivity index (χ2n) is 4.61. The Morgan fingerprint density at radius 3 is 2.50 bits per heavy atom. The van der Waals surface area contributed by atoms with Crippen molar-refractivity contribution < 1.29 is 19.4 Å². The van der Waals surface area contributed by atoms with Crippen LogP contribution in [0.25, 0.3) is 0 Å². The number of hydrogen-bond acceptors (Lipinski definition) is 4. The van der Waals surface area contributed by atoms with Gasteiger partial charge in [-0.25, -0.2) is 4.79 Å². The van der Waals surface area contributed by atoms with Crippen molar-refractivity contribution in [3.05, 3.63) is 58.6 Å². The lowest BCUT2D eigenvalue weighted by Gasteiger charge is -2.12. The van der Waals surface area contributed by atoms with Crippen LogP contribution < -0.4 is 15.4 Å². The first-order valence-corrected chi connectivity index (χ1v) is 7.49. The summed E-state index contributed by atoms with van der Waals surface area (Å²) in [4.78, 5) is 23.1. The predicted octanol–water partition coefficient (Wildman–Crippen LogP) is 3.17. The Kier molecular flexibility index (Phi) is 5.73. The van der Waals surface area contributed by atoms with Crippen molar-refractivity contribution in [3.63, 3.8) is 0 Å². The number of carboxylic acids is 1. The van der Waals surface area contributed by atoms with Crippen LogP contribution in [0.1, 0.15) is 20.7 Å². The summed E-state index contributed by atoms with van der Waals surface area (Å²) in [6.07, 6.45) is 0. The topological polar surface area (TPSA) is 87.7 Å². The predicted molar refractivity (Wildman–Crippen MR) is 95.1 cm³/mol. The van der Waals surface area contributed by atoms with Crippen LogP contribution in [0, 0.1) is 0 Å². The van der Waals surface area contributed by atoms with Crippen LogP contribution in [0.15, 0.2) is 42.5 Å². The number of carbonyl (C=O) groups excluding carboxylic acids is 1. The van der Waals surface area contributed by atoms with E-state index >= 15 is 0 Å². The molecule has 0 aliphatic carbocycles. The molecule has 0 fully saturated rings. The Morgan fingerprint density at radius 2 is 1.88 bits per heavy atom. The van der Waals surface area contributed by atoms with Crippen LogP contribution in [0.3, 0.4) is 0 Å². The zero-order valence-corrected chi connectivity index (χ0v) is 14.1. The van der Waals surface area contributed by atoms with E-state index in [0.717, 1.165) is 0 Å². The summed E-state index contributed by atoms with van der Waals surface area (Å²) in [5, 5.41) is 14.3. The molecule has 0 unspecified atom stereocenters. The average Bonchev–Trinajstić information content (AvgIpc) is 2.54. The molecule has 0 heterocycles. The molecule has 2 aromatic rings. The number of ether oxygens (including phenoxy) is 1. The van der Waals surface area contributed by atoms with Gasteiger partial charge in [0.1, 0.15) is 5.75 Å². The molecule has 0 aromatic heterocycles. The molecule has 8 heteroatoms. The van der Waals surface area contributed by atoms with Crippen molar-refractivity contribution in [2.45, 2.75) is 0 Å². The van der Waals surface area contributed by atoms with E-state index in [4.69, 9.17) is 33.7 Å². The number of amides is 1. The number of methoxy groups -OCH3 is 1. The molecule has 0 saturated carbocycles. The summed E-state index contributed by atoms with van der Waals surface area (Å²) in [5.74, 6) is -1.14. The summed E-state index contributed by atoms with van der Waals surface area (Å²) < 4.78 is 5.12. The minimum absolute atomic E-state index is 0.0220. The fourth-order valence-corrected chi connectivity index (χ4v) is 2.40. The van der Waals surface area contributed by atoms with Crippen LogP contribution in [-0.4, -0.2) is 29.2 Å². The van der Waals surface area contributed by atoms with Crippen molar-refractivity contribution in [2.75, 3.05) is 12.4 Å². The second-order valence-corrected chi connectivity index (χ2v) is 5.42. The van der Waals surface area contributed by atoms with E-state index in [0.29, 0.717) is 17.0 Å². The molecule has 0 aliphatic heterocycles. The van der Waals surface area contributed by atoms with Crippen LogP contribution in [-0.2, 0) is 0 Å². The number of carboxylic acid groups (broad SMARTS) is 1. The van der Waals surface area contributed by atoms with Gasteiger partial charge >= 0.3 is 5.97 Å². The maximum absolute atomic E-state index is 12.2. The molecular formula is C16H13ClN2O4S. The van der Waals surface area contributed by atoms with Gasteiger partial charge in [0.05, 0.1) is 23.3 Å². The number of rotatable bonds is 4. The monoisotopic (exact) mass is 364 g/mol. The van der Waals surface area contributed by atoms with Gasteiger partial charge in [0.2, 0.25) is 0 Å². The number of thiocarbonyl (C=S) groups is 1. The third-order valence-electron chi connectivity index (χ3n) is 3.04. The molecule has 0 bridgehead atoms. The van der Waals surface area contributed by atoms with E-state index < -0.39 is 11.9 Å². The number of nitrogens with one attached hydrogen (secondary N) is 2. The molecule has 2 rings (SSSR count). The Hall–Kier alpha value is -2.64. The van der Waals surface area contributed by atoms with E-state index in [-0.39, 0.29) is 15.7 Å². The van der Waals surface area contributed by atoms with Crippen LogP contribution >= 0.6 is 23.8 Å². The molecule has 2 aromatic carbocycles. The third-order valence-corrected chi connectivity index (χ3v) is 3.55. The van der Waals surface area contributed by atoms with Crippen molar-refractivity contribution in [2.24, 2.45) is 0 Å². The number of aromatic carboxylic acids is 1. The number of carbonyl (C=O) groups is 2. The van der Waals surface area contributed by atoms with Crippen molar-refractivity contribution in [3.8, 4) is 5.75 Å². The molecule has 0 atom stereocenters. The molecule has 3 N–H and O–H groups in total. The van der Waals surface area contributed by atoms with Gasteiger partial charge in [0.25, 0.3) is 5.91 Å². The van der Waals surface area contributed by atoms with Gasteiger partial charge in [-0.15, -0.1) is 0 Å². The smallest absolute Gasteiger partial charge is 0.337 e. The summed E-state index contributed by atoms with van der Waals surface area (Å²) >= 11 is 11.0. The third kappa shape index (κ3) is 4.21. The fraction of sp³-hybridized carbons (Fsp3) is 0.0625. The normalized spacial score (nSPS) is 9.92. The maximum Gasteiger partial charge on any atom is 0.337 e. The summed E-state index contributed by atoms with van der Waals surface area (Å²) in [5.41, 5.74) is 0.768. The number of halogens is 1. The Morgan fingerprint density at radius 1 is 1.17 bits per heavy atom. The lowest BCUT2D eigenvalue weighted by atomic mass is 10.2. The first kappa shape index (κ1) is 17.7. The second kappa shape index (κ2) is 7.76. The molecule has 6 nitrogen and oxygen atoms in total. The summed E-state index contributed by atoms with van der Waals surface area (Å²) in [6.45, 7) is 0. The lowest BCUT2D eigenvalue weighted by molar-refractivity contribution is 0.0697. The fourth-order valence-electron chi connectivity index (χ4n) is 1.93. The van der Waals surface area contributed by atoms with Gasteiger partial charge in [0.15, 0.2) is 5.11 Å². The van der Waals surface area contributed by atoms with Crippen LogP contribution in [0.2, 0.25) is 5.02 Å². The quantitative estimate of drug-likeness (QED) is 0.722. The number of hydrogen-bond donors (Lipinski definition) is 3. The number of anilines is 1. The Balaban J connectivity index is 2.07. The zero-order valence-electron chi connectivity index (χ0n) is 12.5. The van der Waals surface area contributed by atoms with Crippen molar-refractivity contribution >= 4 is 46.5 Å². The molecule has 24 heavy (non-hydrogen) atoms. The molecule has 1 amide bonds. The highest BCUT2D eigenvalue weighted by molar-refractivity contribution is 7.80.